The molecule has 3 aliphatic heterocycles. The molecule has 9 heteroatoms. The fourth-order valence-electron chi connectivity index (χ4n) is 4.67. The summed E-state index contributed by atoms with van der Waals surface area (Å²) in [6.45, 7) is 7.11. The van der Waals surface area contributed by atoms with E-state index in [4.69, 9.17) is 14.5 Å². The molecule has 2 aromatic rings. The maximum absolute atomic E-state index is 13.0. The third-order valence-corrected chi connectivity index (χ3v) is 6.41. The van der Waals surface area contributed by atoms with Gasteiger partial charge in [-0.2, -0.15) is 0 Å². The molecule has 1 aromatic heterocycles. The summed E-state index contributed by atoms with van der Waals surface area (Å²) in [6, 6.07) is 7.39. The number of fused-ring (bicyclic) bond motifs is 3. The normalized spacial score (nSPS) is 17.1. The molecule has 1 amide bonds. The summed E-state index contributed by atoms with van der Waals surface area (Å²) in [5, 5.41) is 2.96. The number of hydrogen-bond donors (Lipinski definition) is 1. The van der Waals surface area contributed by atoms with Crippen molar-refractivity contribution in [2.45, 2.75) is 26.2 Å². The highest BCUT2D eigenvalue weighted by Crippen LogP contribution is 2.43. The zero-order chi connectivity index (χ0) is 23.5. The zero-order valence-corrected chi connectivity index (χ0v) is 19.7. The Morgan fingerprint density at radius 3 is 2.82 bits per heavy atom. The minimum Gasteiger partial charge on any atom is -0.491 e. The molecule has 0 spiro atoms. The summed E-state index contributed by atoms with van der Waals surface area (Å²) in [6.07, 6.45) is 5.20. The van der Waals surface area contributed by atoms with Crippen LogP contribution in [0.1, 0.15) is 40.9 Å². The van der Waals surface area contributed by atoms with E-state index in [1.807, 2.05) is 24.0 Å². The molecule has 1 N–H and O–H groups in total. The average molecular weight is 463 g/mol. The topological polar surface area (TPSA) is 91.7 Å². The molecule has 34 heavy (non-hydrogen) atoms. The van der Waals surface area contributed by atoms with E-state index in [-0.39, 0.29) is 5.91 Å². The van der Waals surface area contributed by atoms with Gasteiger partial charge in [0, 0.05) is 30.5 Å². The molecule has 1 aromatic carbocycles. The molecule has 4 heterocycles. The van der Waals surface area contributed by atoms with Gasteiger partial charge >= 0.3 is 0 Å². The molecule has 3 aliphatic rings. The number of aryl methyl sites for hydroxylation is 1. The number of aromatic nitrogens is 1. The van der Waals surface area contributed by atoms with E-state index in [0.717, 1.165) is 24.4 Å². The number of aliphatic imine (C=N–C) groups is 2. The number of methoxy groups -OCH3 is 1. The van der Waals surface area contributed by atoms with Crippen molar-refractivity contribution in [1.29, 1.82) is 0 Å². The first-order valence-corrected chi connectivity index (χ1v) is 11.9. The standard InChI is InChI=1S/C25H30N6O3/c1-17-18(7-5-10-26-17)24(32)29-25-28-21-19(23-27-11-15-31(23)25)8-9-20(22(21)33-2)34-16-6-14-30-12-3-4-13-30/h5,7-10H,3-4,6,11-16H2,1-2H3,(H,28,29,32). The number of guanidine groups is 1. The van der Waals surface area contributed by atoms with Crippen LogP contribution in [0.2, 0.25) is 0 Å². The molecule has 5 rings (SSSR count). The van der Waals surface area contributed by atoms with Crippen molar-refractivity contribution in [1.82, 2.24) is 20.1 Å². The van der Waals surface area contributed by atoms with Gasteiger partial charge in [-0.1, -0.05) is 0 Å². The number of rotatable bonds is 7. The van der Waals surface area contributed by atoms with E-state index < -0.39 is 0 Å². The fourth-order valence-corrected chi connectivity index (χ4v) is 4.67. The van der Waals surface area contributed by atoms with Crippen molar-refractivity contribution >= 4 is 23.4 Å². The van der Waals surface area contributed by atoms with Crippen LogP contribution in [0, 0.1) is 6.92 Å². The molecular formula is C25H30N6O3. The SMILES string of the molecule is COc1c(OCCCN2CCCC2)ccc2c1N=C(NC(=O)c1cccnc1C)N1CCN=C21. The fraction of sp³-hybridized carbons (Fsp3) is 0.440. The van der Waals surface area contributed by atoms with Crippen LogP contribution in [0.5, 0.6) is 11.5 Å². The van der Waals surface area contributed by atoms with Gasteiger partial charge in [0.15, 0.2) is 11.5 Å². The van der Waals surface area contributed by atoms with Gasteiger partial charge in [0.1, 0.15) is 11.5 Å². The van der Waals surface area contributed by atoms with E-state index in [1.165, 1.54) is 25.9 Å². The number of amides is 1. The lowest BCUT2D eigenvalue weighted by Gasteiger charge is -2.28. The Bertz CT molecular complexity index is 1140. The van der Waals surface area contributed by atoms with Gasteiger partial charge in [-0.3, -0.25) is 25.0 Å². The van der Waals surface area contributed by atoms with Crippen molar-refractivity contribution in [3.63, 3.8) is 0 Å². The molecule has 9 nitrogen and oxygen atoms in total. The van der Waals surface area contributed by atoms with Crippen LogP contribution in [0.25, 0.3) is 0 Å². The van der Waals surface area contributed by atoms with E-state index in [0.29, 0.717) is 54.1 Å². The van der Waals surface area contributed by atoms with Gasteiger partial charge in [-0.05, 0) is 63.5 Å². The number of pyridine rings is 1. The Morgan fingerprint density at radius 2 is 2.03 bits per heavy atom. The first kappa shape index (κ1) is 22.3. The Hall–Kier alpha value is -3.46. The van der Waals surface area contributed by atoms with E-state index in [1.54, 1.807) is 25.4 Å². The second-order valence-corrected chi connectivity index (χ2v) is 8.63. The number of nitrogens with zero attached hydrogens (tertiary/aromatic N) is 5. The second kappa shape index (κ2) is 9.80. The third-order valence-electron chi connectivity index (χ3n) is 6.41. The van der Waals surface area contributed by atoms with Crippen LogP contribution >= 0.6 is 0 Å². The summed E-state index contributed by atoms with van der Waals surface area (Å²) in [5.41, 5.74) is 2.66. The minimum atomic E-state index is -0.257. The molecule has 0 unspecified atom stereocenters. The number of carbonyl (C=O) groups is 1. The van der Waals surface area contributed by atoms with Gasteiger partial charge in [0.2, 0.25) is 5.96 Å². The molecule has 0 aliphatic carbocycles. The predicted octanol–water partition coefficient (Wildman–Crippen LogP) is 2.76. The first-order chi connectivity index (χ1) is 16.7. The lowest BCUT2D eigenvalue weighted by molar-refractivity contribution is 0.0973. The smallest absolute Gasteiger partial charge is 0.259 e. The van der Waals surface area contributed by atoms with Gasteiger partial charge in [0.05, 0.1) is 25.8 Å². The molecule has 0 bridgehead atoms. The summed E-state index contributed by atoms with van der Waals surface area (Å²) in [7, 11) is 1.61. The maximum Gasteiger partial charge on any atom is 0.259 e. The number of ether oxygens (including phenoxy) is 2. The van der Waals surface area contributed by atoms with Crippen LogP contribution in [0.4, 0.5) is 5.69 Å². The molecule has 1 saturated heterocycles. The number of nitrogens with one attached hydrogen (secondary N) is 1. The number of amidine groups is 1. The summed E-state index contributed by atoms with van der Waals surface area (Å²) >= 11 is 0. The Kier molecular flexibility index (Phi) is 6.44. The quantitative estimate of drug-likeness (QED) is 0.637. The Labute approximate surface area is 199 Å². The van der Waals surface area contributed by atoms with E-state index in [2.05, 4.69) is 20.2 Å². The van der Waals surface area contributed by atoms with Crippen LogP contribution in [-0.2, 0) is 0 Å². The van der Waals surface area contributed by atoms with Gasteiger partial charge in [0.25, 0.3) is 5.91 Å². The molecule has 0 atom stereocenters. The monoisotopic (exact) mass is 462 g/mol. The summed E-state index contributed by atoms with van der Waals surface area (Å²) in [5.74, 6) is 2.15. The molecule has 0 radical (unpaired) electrons. The van der Waals surface area contributed by atoms with Crippen LogP contribution < -0.4 is 14.8 Å². The van der Waals surface area contributed by atoms with Crippen LogP contribution in [-0.4, -0.2) is 78.9 Å². The molecule has 1 fully saturated rings. The average Bonchev–Trinajstić information content (AvgIpc) is 3.54. The van der Waals surface area contributed by atoms with Gasteiger partial charge in [-0.25, -0.2) is 4.99 Å². The lowest BCUT2D eigenvalue weighted by Crippen LogP contribution is -2.47. The van der Waals surface area contributed by atoms with E-state index >= 15 is 0 Å². The number of hydrogen-bond acceptors (Lipinski definition) is 8. The predicted molar refractivity (Wildman–Crippen MR) is 130 cm³/mol. The van der Waals surface area contributed by atoms with Crippen LogP contribution in [0.3, 0.4) is 0 Å². The maximum atomic E-state index is 13.0. The number of benzene rings is 1. The second-order valence-electron chi connectivity index (χ2n) is 8.63. The van der Waals surface area contributed by atoms with Crippen molar-refractivity contribution in [3.8, 4) is 11.5 Å². The lowest BCUT2D eigenvalue weighted by atomic mass is 10.1. The summed E-state index contributed by atoms with van der Waals surface area (Å²) in [4.78, 5) is 31.1. The number of carbonyl (C=O) groups excluding carboxylic acids is 1. The highest BCUT2D eigenvalue weighted by atomic mass is 16.5. The highest BCUT2D eigenvalue weighted by molar-refractivity contribution is 6.20. The molecule has 178 valence electrons. The first-order valence-electron chi connectivity index (χ1n) is 11.9. The highest BCUT2D eigenvalue weighted by Gasteiger charge is 2.33. The number of likely N-dealkylation sites (tertiary alicyclic amines) is 1. The minimum absolute atomic E-state index is 0.257. The van der Waals surface area contributed by atoms with Crippen molar-refractivity contribution in [2.24, 2.45) is 9.98 Å². The van der Waals surface area contributed by atoms with Gasteiger partial charge in [-0.15, -0.1) is 0 Å². The Balaban J connectivity index is 1.39. The van der Waals surface area contributed by atoms with E-state index in [9.17, 15) is 4.79 Å². The van der Waals surface area contributed by atoms with Crippen LogP contribution in [0.15, 0.2) is 40.4 Å². The third kappa shape index (κ3) is 4.35. The largest absolute Gasteiger partial charge is 0.491 e. The molecular weight excluding hydrogens is 432 g/mol. The van der Waals surface area contributed by atoms with Crippen molar-refractivity contribution in [3.05, 3.63) is 47.3 Å². The Morgan fingerprint density at radius 1 is 1.18 bits per heavy atom. The summed E-state index contributed by atoms with van der Waals surface area (Å²) < 4.78 is 11.8. The molecule has 0 saturated carbocycles. The van der Waals surface area contributed by atoms with Crippen molar-refractivity contribution < 1.29 is 14.3 Å². The zero-order valence-electron chi connectivity index (χ0n) is 19.7. The van der Waals surface area contributed by atoms with Crippen molar-refractivity contribution in [2.75, 3.05) is 46.4 Å². The van der Waals surface area contributed by atoms with Gasteiger partial charge < -0.3 is 14.4 Å².